The quantitative estimate of drug-likeness (QED) is 0.852. The summed E-state index contributed by atoms with van der Waals surface area (Å²) in [6, 6.07) is 0. The molecular formula is C16H22N4O. The van der Waals surface area contributed by atoms with Crippen molar-refractivity contribution in [2.24, 2.45) is 5.92 Å². The minimum absolute atomic E-state index is 0.0626. The molecule has 0 saturated carbocycles. The Morgan fingerprint density at radius 3 is 2.90 bits per heavy atom. The lowest BCUT2D eigenvalue weighted by atomic mass is 9.94. The standard InChI is InChI=1S/C16H22N4O/c1-11(2)16(21)19-6-4-5-13(10-19)15-9-17-7-14-8-18-12(3)20(14)15/h7-9,11,13H,4-6,10H2,1-3H3/t13-/m0/s1. The molecule has 0 aromatic carbocycles. The molecule has 0 aliphatic carbocycles. The first kappa shape index (κ1) is 14.0. The van der Waals surface area contributed by atoms with E-state index in [1.807, 2.05) is 44.3 Å². The second-order valence-corrected chi connectivity index (χ2v) is 6.18. The highest BCUT2D eigenvalue weighted by molar-refractivity contribution is 5.78. The van der Waals surface area contributed by atoms with Gasteiger partial charge in [0.1, 0.15) is 5.82 Å². The monoisotopic (exact) mass is 286 g/mol. The van der Waals surface area contributed by atoms with Crippen molar-refractivity contribution >= 4 is 11.4 Å². The molecule has 0 radical (unpaired) electrons. The van der Waals surface area contributed by atoms with E-state index in [0.29, 0.717) is 5.92 Å². The van der Waals surface area contributed by atoms with E-state index in [1.54, 1.807) is 0 Å². The van der Waals surface area contributed by atoms with E-state index < -0.39 is 0 Å². The topological polar surface area (TPSA) is 50.5 Å². The molecule has 2 aromatic heterocycles. The molecule has 0 unspecified atom stereocenters. The van der Waals surface area contributed by atoms with Crippen LogP contribution >= 0.6 is 0 Å². The molecule has 0 spiro atoms. The Morgan fingerprint density at radius 2 is 2.14 bits per heavy atom. The Hall–Kier alpha value is -1.91. The van der Waals surface area contributed by atoms with E-state index in [2.05, 4.69) is 14.4 Å². The Morgan fingerprint density at radius 1 is 1.33 bits per heavy atom. The zero-order valence-corrected chi connectivity index (χ0v) is 12.9. The SMILES string of the molecule is Cc1ncc2cncc([C@H]3CCCN(C(=O)C(C)C)C3)n12. The van der Waals surface area contributed by atoms with Crippen LogP contribution in [0.4, 0.5) is 0 Å². The van der Waals surface area contributed by atoms with Gasteiger partial charge in [-0.25, -0.2) is 4.98 Å². The van der Waals surface area contributed by atoms with Gasteiger partial charge < -0.3 is 4.90 Å². The number of hydrogen-bond acceptors (Lipinski definition) is 3. The Balaban J connectivity index is 1.92. The van der Waals surface area contributed by atoms with Crippen molar-refractivity contribution in [3.8, 4) is 0 Å². The molecule has 0 bridgehead atoms. The van der Waals surface area contributed by atoms with E-state index in [4.69, 9.17) is 0 Å². The third-order valence-electron chi connectivity index (χ3n) is 4.28. The zero-order chi connectivity index (χ0) is 15.0. The van der Waals surface area contributed by atoms with Gasteiger partial charge in [0.15, 0.2) is 0 Å². The van der Waals surface area contributed by atoms with Crippen LogP contribution in [-0.4, -0.2) is 38.3 Å². The second kappa shape index (κ2) is 5.47. The van der Waals surface area contributed by atoms with Crippen LogP contribution in [0.15, 0.2) is 18.6 Å². The van der Waals surface area contributed by atoms with Crippen molar-refractivity contribution in [1.29, 1.82) is 0 Å². The maximum absolute atomic E-state index is 12.2. The maximum Gasteiger partial charge on any atom is 0.225 e. The van der Waals surface area contributed by atoms with Gasteiger partial charge in [0.2, 0.25) is 5.91 Å². The van der Waals surface area contributed by atoms with Crippen LogP contribution in [-0.2, 0) is 4.79 Å². The molecular weight excluding hydrogens is 264 g/mol. The van der Waals surface area contributed by atoms with Gasteiger partial charge in [0.25, 0.3) is 0 Å². The molecule has 21 heavy (non-hydrogen) atoms. The second-order valence-electron chi connectivity index (χ2n) is 6.18. The Bertz CT molecular complexity index is 661. The predicted octanol–water partition coefficient (Wildman–Crippen LogP) is 2.40. The van der Waals surface area contributed by atoms with E-state index in [1.165, 1.54) is 5.69 Å². The Labute approximate surface area is 125 Å². The average molecular weight is 286 g/mol. The van der Waals surface area contributed by atoms with Crippen LogP contribution in [0.1, 0.15) is 44.1 Å². The highest BCUT2D eigenvalue weighted by atomic mass is 16.2. The van der Waals surface area contributed by atoms with Crippen molar-refractivity contribution in [1.82, 2.24) is 19.3 Å². The normalized spacial score (nSPS) is 19.4. The van der Waals surface area contributed by atoms with Crippen LogP contribution in [0, 0.1) is 12.8 Å². The minimum Gasteiger partial charge on any atom is -0.342 e. The number of rotatable bonds is 2. The molecule has 0 N–H and O–H groups in total. The number of fused-ring (bicyclic) bond motifs is 1. The molecule has 3 heterocycles. The number of carbonyl (C=O) groups is 1. The number of likely N-dealkylation sites (tertiary alicyclic amines) is 1. The van der Waals surface area contributed by atoms with E-state index in [9.17, 15) is 4.79 Å². The molecule has 1 saturated heterocycles. The summed E-state index contributed by atoms with van der Waals surface area (Å²) in [6.45, 7) is 7.61. The molecule has 1 amide bonds. The molecule has 5 heteroatoms. The number of carbonyl (C=O) groups excluding carboxylic acids is 1. The number of amides is 1. The first-order valence-electron chi connectivity index (χ1n) is 7.64. The van der Waals surface area contributed by atoms with Gasteiger partial charge >= 0.3 is 0 Å². The summed E-state index contributed by atoms with van der Waals surface area (Å²) in [5, 5.41) is 0. The summed E-state index contributed by atoms with van der Waals surface area (Å²) in [7, 11) is 0. The first-order chi connectivity index (χ1) is 10.1. The lowest BCUT2D eigenvalue weighted by Gasteiger charge is -2.34. The van der Waals surface area contributed by atoms with Gasteiger partial charge in [-0.05, 0) is 19.8 Å². The van der Waals surface area contributed by atoms with Gasteiger partial charge in [-0.1, -0.05) is 13.8 Å². The number of aryl methyl sites for hydroxylation is 1. The fourth-order valence-corrected chi connectivity index (χ4v) is 3.21. The first-order valence-corrected chi connectivity index (χ1v) is 7.64. The summed E-state index contributed by atoms with van der Waals surface area (Å²) >= 11 is 0. The number of imidazole rings is 1. The molecule has 1 fully saturated rings. The minimum atomic E-state index is 0.0626. The van der Waals surface area contributed by atoms with E-state index in [0.717, 1.165) is 37.3 Å². The highest BCUT2D eigenvalue weighted by Gasteiger charge is 2.27. The maximum atomic E-state index is 12.2. The van der Waals surface area contributed by atoms with Crippen molar-refractivity contribution in [2.45, 2.75) is 39.5 Å². The van der Waals surface area contributed by atoms with Crippen LogP contribution in [0.5, 0.6) is 0 Å². The van der Waals surface area contributed by atoms with Crippen LogP contribution < -0.4 is 0 Å². The third kappa shape index (κ3) is 2.52. The number of aromatic nitrogens is 3. The van der Waals surface area contributed by atoms with Gasteiger partial charge in [-0.15, -0.1) is 0 Å². The smallest absolute Gasteiger partial charge is 0.225 e. The number of hydrogen-bond donors (Lipinski definition) is 0. The highest BCUT2D eigenvalue weighted by Crippen LogP contribution is 2.28. The van der Waals surface area contributed by atoms with Gasteiger partial charge in [-0.3, -0.25) is 14.2 Å². The van der Waals surface area contributed by atoms with Crippen molar-refractivity contribution in [2.75, 3.05) is 13.1 Å². The largest absolute Gasteiger partial charge is 0.342 e. The fraction of sp³-hybridized carbons (Fsp3) is 0.562. The summed E-state index contributed by atoms with van der Waals surface area (Å²) < 4.78 is 2.17. The van der Waals surface area contributed by atoms with Crippen molar-refractivity contribution < 1.29 is 4.79 Å². The molecule has 5 nitrogen and oxygen atoms in total. The van der Waals surface area contributed by atoms with Crippen LogP contribution in [0.3, 0.4) is 0 Å². The molecule has 2 aromatic rings. The Kier molecular flexibility index (Phi) is 3.66. The average Bonchev–Trinajstić information content (AvgIpc) is 2.88. The number of nitrogens with zero attached hydrogens (tertiary/aromatic N) is 4. The summed E-state index contributed by atoms with van der Waals surface area (Å²) in [5.41, 5.74) is 2.20. The molecule has 1 aliphatic heterocycles. The predicted molar refractivity (Wildman–Crippen MR) is 81.1 cm³/mol. The van der Waals surface area contributed by atoms with Gasteiger partial charge in [-0.2, -0.15) is 0 Å². The zero-order valence-electron chi connectivity index (χ0n) is 12.9. The lowest BCUT2D eigenvalue weighted by molar-refractivity contribution is -0.135. The van der Waals surface area contributed by atoms with E-state index in [-0.39, 0.29) is 11.8 Å². The van der Waals surface area contributed by atoms with Crippen molar-refractivity contribution in [3.05, 3.63) is 30.1 Å². The van der Waals surface area contributed by atoms with Crippen LogP contribution in [0.25, 0.3) is 5.52 Å². The van der Waals surface area contributed by atoms with Crippen LogP contribution in [0.2, 0.25) is 0 Å². The number of piperidine rings is 1. The summed E-state index contributed by atoms with van der Waals surface area (Å²) in [5.74, 6) is 1.63. The molecule has 1 atom stereocenters. The van der Waals surface area contributed by atoms with Gasteiger partial charge in [0.05, 0.1) is 17.9 Å². The molecule has 3 rings (SSSR count). The van der Waals surface area contributed by atoms with Gasteiger partial charge in [0, 0.05) is 36.8 Å². The summed E-state index contributed by atoms with van der Waals surface area (Å²) in [4.78, 5) is 23.0. The fourth-order valence-electron chi connectivity index (χ4n) is 3.21. The molecule has 112 valence electrons. The molecule has 1 aliphatic rings. The summed E-state index contributed by atoms with van der Waals surface area (Å²) in [6.07, 6.45) is 7.76. The lowest BCUT2D eigenvalue weighted by Crippen LogP contribution is -2.41. The van der Waals surface area contributed by atoms with Crippen molar-refractivity contribution in [3.63, 3.8) is 0 Å². The van der Waals surface area contributed by atoms with E-state index >= 15 is 0 Å². The third-order valence-corrected chi connectivity index (χ3v) is 4.28.